The molecule has 8 heteroatoms. The number of methoxy groups -OCH3 is 1. The number of benzene rings is 1. The number of ether oxygens (including phenoxy) is 1. The molecule has 0 spiro atoms. The third kappa shape index (κ3) is 4.25. The number of nitrogens with one attached hydrogen (secondary N) is 2. The van der Waals surface area contributed by atoms with Crippen LogP contribution >= 0.6 is 12.2 Å². The van der Waals surface area contributed by atoms with Gasteiger partial charge in [0.15, 0.2) is 5.11 Å². The molecule has 2 aromatic heterocycles. The zero-order valence-electron chi connectivity index (χ0n) is 20.4. The number of thiocarbonyl (C=S) groups is 1. The lowest BCUT2D eigenvalue weighted by atomic mass is 9.96. The standard InChI is InChI=1S/C26H31N5O2S/c1-15(2)30-16(3)13-20(17(30)4)25-24(21-9-7-8-12-27-21)29-26(34)31(25)19-10-11-23(33-6)22(14-19)28-18(5)32/h7-15,24-25H,1-6H3,(H,28,32)(H,29,34). The van der Waals surface area contributed by atoms with Gasteiger partial charge in [-0.2, -0.15) is 0 Å². The molecule has 4 rings (SSSR count). The molecule has 0 bridgehead atoms. The molecule has 1 aliphatic rings. The Kier molecular flexibility index (Phi) is 6.61. The summed E-state index contributed by atoms with van der Waals surface area (Å²) in [5, 5.41) is 6.98. The Balaban J connectivity index is 1.89. The van der Waals surface area contributed by atoms with E-state index in [1.807, 2.05) is 36.4 Å². The van der Waals surface area contributed by atoms with Crippen molar-refractivity contribution in [2.75, 3.05) is 17.3 Å². The van der Waals surface area contributed by atoms with Crippen LogP contribution < -0.4 is 20.3 Å². The number of aryl methyl sites for hydroxylation is 1. The highest BCUT2D eigenvalue weighted by molar-refractivity contribution is 7.80. The van der Waals surface area contributed by atoms with Gasteiger partial charge in [-0.05, 0) is 81.9 Å². The van der Waals surface area contributed by atoms with E-state index >= 15 is 0 Å². The summed E-state index contributed by atoms with van der Waals surface area (Å²) in [7, 11) is 1.59. The summed E-state index contributed by atoms with van der Waals surface area (Å²) in [5.41, 5.74) is 5.97. The molecule has 1 aromatic carbocycles. The maximum Gasteiger partial charge on any atom is 0.221 e. The van der Waals surface area contributed by atoms with Crippen molar-refractivity contribution in [2.24, 2.45) is 0 Å². The number of carbonyl (C=O) groups is 1. The zero-order chi connectivity index (χ0) is 24.6. The van der Waals surface area contributed by atoms with Crippen molar-refractivity contribution in [3.05, 3.63) is 71.3 Å². The Bertz CT molecular complexity index is 1220. The third-order valence-corrected chi connectivity index (χ3v) is 6.54. The van der Waals surface area contributed by atoms with Crippen LogP contribution in [0.2, 0.25) is 0 Å². The van der Waals surface area contributed by atoms with E-state index in [0.29, 0.717) is 22.6 Å². The topological polar surface area (TPSA) is 71.4 Å². The van der Waals surface area contributed by atoms with Crippen LogP contribution in [0.3, 0.4) is 0 Å². The molecule has 0 radical (unpaired) electrons. The average Bonchev–Trinajstić information content (AvgIpc) is 3.29. The molecular formula is C26H31N5O2S. The first-order valence-corrected chi connectivity index (χ1v) is 11.8. The highest BCUT2D eigenvalue weighted by Crippen LogP contribution is 2.45. The second-order valence-corrected chi connectivity index (χ2v) is 9.24. The van der Waals surface area contributed by atoms with Gasteiger partial charge >= 0.3 is 0 Å². The molecule has 2 atom stereocenters. The number of aromatic nitrogens is 2. The lowest BCUT2D eigenvalue weighted by Crippen LogP contribution is -2.29. The van der Waals surface area contributed by atoms with Gasteiger partial charge in [-0.25, -0.2) is 0 Å². The summed E-state index contributed by atoms with van der Waals surface area (Å²) >= 11 is 5.87. The van der Waals surface area contributed by atoms with Crippen LogP contribution in [0.5, 0.6) is 5.75 Å². The number of hydrogen-bond acceptors (Lipinski definition) is 4. The van der Waals surface area contributed by atoms with Crippen LogP contribution in [0.4, 0.5) is 11.4 Å². The second-order valence-electron chi connectivity index (χ2n) is 8.85. The fourth-order valence-corrected chi connectivity index (χ4v) is 5.32. The molecule has 178 valence electrons. The largest absolute Gasteiger partial charge is 0.495 e. The Morgan fingerprint density at radius 3 is 2.56 bits per heavy atom. The normalized spacial score (nSPS) is 17.7. The van der Waals surface area contributed by atoms with Crippen molar-refractivity contribution in [3.8, 4) is 5.75 Å². The molecule has 1 amide bonds. The molecule has 3 heterocycles. The maximum atomic E-state index is 11.8. The Morgan fingerprint density at radius 2 is 1.97 bits per heavy atom. The number of nitrogens with zero attached hydrogens (tertiary/aromatic N) is 3. The van der Waals surface area contributed by atoms with Crippen LogP contribution in [0, 0.1) is 13.8 Å². The van der Waals surface area contributed by atoms with Crippen LogP contribution in [0.1, 0.15) is 61.5 Å². The number of rotatable bonds is 6. The monoisotopic (exact) mass is 477 g/mol. The molecular weight excluding hydrogens is 446 g/mol. The molecule has 0 saturated carbocycles. The van der Waals surface area contributed by atoms with E-state index in [2.05, 4.69) is 58.8 Å². The zero-order valence-corrected chi connectivity index (χ0v) is 21.2. The van der Waals surface area contributed by atoms with E-state index in [1.165, 1.54) is 23.9 Å². The van der Waals surface area contributed by atoms with Gasteiger partial charge in [0.25, 0.3) is 0 Å². The van der Waals surface area contributed by atoms with Crippen LogP contribution in [0.25, 0.3) is 0 Å². The number of hydrogen-bond donors (Lipinski definition) is 2. The van der Waals surface area contributed by atoms with Gasteiger partial charge in [0.1, 0.15) is 5.75 Å². The Morgan fingerprint density at radius 1 is 1.21 bits per heavy atom. The lowest BCUT2D eigenvalue weighted by molar-refractivity contribution is -0.114. The van der Waals surface area contributed by atoms with Crippen molar-refractivity contribution in [3.63, 3.8) is 0 Å². The van der Waals surface area contributed by atoms with Crippen molar-refractivity contribution in [1.82, 2.24) is 14.9 Å². The van der Waals surface area contributed by atoms with Crippen molar-refractivity contribution in [2.45, 2.75) is 52.7 Å². The van der Waals surface area contributed by atoms with Gasteiger partial charge in [0, 0.05) is 36.2 Å². The first kappa shape index (κ1) is 23.8. The fraction of sp³-hybridized carbons (Fsp3) is 0.346. The second kappa shape index (κ2) is 9.46. The molecule has 2 unspecified atom stereocenters. The molecule has 3 aromatic rings. The molecule has 2 N–H and O–H groups in total. The van der Waals surface area contributed by atoms with Gasteiger partial charge in [0.2, 0.25) is 5.91 Å². The predicted octanol–water partition coefficient (Wildman–Crippen LogP) is 5.22. The van der Waals surface area contributed by atoms with Gasteiger partial charge < -0.3 is 24.8 Å². The summed E-state index contributed by atoms with van der Waals surface area (Å²) in [6, 6.07) is 14.0. The van der Waals surface area contributed by atoms with Crippen molar-refractivity contribution < 1.29 is 9.53 Å². The molecule has 34 heavy (non-hydrogen) atoms. The van der Waals surface area contributed by atoms with Gasteiger partial charge in [-0.3, -0.25) is 9.78 Å². The molecule has 1 saturated heterocycles. The minimum atomic E-state index is -0.166. The Hall–Kier alpha value is -3.39. The average molecular weight is 478 g/mol. The minimum absolute atomic E-state index is 0.125. The number of anilines is 2. The van der Waals surface area contributed by atoms with Gasteiger partial charge in [-0.15, -0.1) is 0 Å². The van der Waals surface area contributed by atoms with E-state index < -0.39 is 0 Å². The van der Waals surface area contributed by atoms with Crippen LogP contribution in [-0.4, -0.2) is 27.7 Å². The van der Waals surface area contributed by atoms with E-state index in [-0.39, 0.29) is 18.0 Å². The van der Waals surface area contributed by atoms with E-state index in [4.69, 9.17) is 17.0 Å². The number of amides is 1. The van der Waals surface area contributed by atoms with Crippen LogP contribution in [-0.2, 0) is 4.79 Å². The Labute approximate surface area is 206 Å². The van der Waals surface area contributed by atoms with Crippen molar-refractivity contribution >= 4 is 34.6 Å². The number of carbonyl (C=O) groups excluding carboxylic acids is 1. The molecule has 1 aliphatic heterocycles. The smallest absolute Gasteiger partial charge is 0.221 e. The molecule has 0 aliphatic carbocycles. The summed E-state index contributed by atoms with van der Waals surface area (Å²) in [6.07, 6.45) is 1.81. The van der Waals surface area contributed by atoms with E-state index in [0.717, 1.165) is 11.4 Å². The fourth-order valence-electron chi connectivity index (χ4n) is 4.98. The van der Waals surface area contributed by atoms with Gasteiger partial charge in [0.05, 0.1) is 30.6 Å². The van der Waals surface area contributed by atoms with E-state index in [1.54, 1.807) is 13.3 Å². The molecule has 7 nitrogen and oxygen atoms in total. The third-order valence-electron chi connectivity index (χ3n) is 6.23. The molecule has 1 fully saturated rings. The number of pyridine rings is 1. The first-order chi connectivity index (χ1) is 16.2. The summed E-state index contributed by atoms with van der Waals surface area (Å²) < 4.78 is 7.81. The highest BCUT2D eigenvalue weighted by atomic mass is 32.1. The SMILES string of the molecule is COc1ccc(N2C(=S)NC(c3ccccn3)C2c2cc(C)n(C(C)C)c2C)cc1NC(C)=O. The van der Waals surface area contributed by atoms with Crippen molar-refractivity contribution in [1.29, 1.82) is 0 Å². The van der Waals surface area contributed by atoms with Crippen LogP contribution in [0.15, 0.2) is 48.7 Å². The minimum Gasteiger partial charge on any atom is -0.495 e. The predicted molar refractivity (Wildman–Crippen MR) is 140 cm³/mol. The summed E-state index contributed by atoms with van der Waals surface area (Å²) in [4.78, 5) is 18.6. The highest BCUT2D eigenvalue weighted by Gasteiger charge is 2.42. The quantitative estimate of drug-likeness (QED) is 0.474. The summed E-state index contributed by atoms with van der Waals surface area (Å²) in [5.74, 6) is 0.425. The summed E-state index contributed by atoms with van der Waals surface area (Å²) in [6.45, 7) is 10.2. The van der Waals surface area contributed by atoms with Gasteiger partial charge in [-0.1, -0.05) is 6.07 Å². The maximum absolute atomic E-state index is 11.8. The van der Waals surface area contributed by atoms with E-state index in [9.17, 15) is 4.79 Å². The first-order valence-electron chi connectivity index (χ1n) is 11.4. The lowest BCUT2D eigenvalue weighted by Gasteiger charge is -2.29.